The summed E-state index contributed by atoms with van der Waals surface area (Å²) >= 11 is 0. The van der Waals surface area contributed by atoms with Crippen LogP contribution in [0.1, 0.15) is 17.3 Å². The van der Waals surface area contributed by atoms with E-state index in [0.717, 1.165) is 10.8 Å². The Morgan fingerprint density at radius 3 is 2.70 bits per heavy atom. The summed E-state index contributed by atoms with van der Waals surface area (Å²) in [6, 6.07) is 11.1. The first kappa shape index (κ1) is 12.9. The zero-order valence-electron chi connectivity index (χ0n) is 11.4. The minimum atomic E-state index is -0.135. The first-order valence-corrected chi connectivity index (χ1v) is 6.77. The largest absolute Gasteiger partial charge is 0.507 e. The number of ether oxygens (including phenoxy) is 1. The number of phenolic OH excluding ortho intramolecular Hbond substituents is 1. The number of hydrogen-bond donors (Lipinski definition) is 1. The summed E-state index contributed by atoms with van der Waals surface area (Å²) in [5, 5.41) is 12.0. The van der Waals surface area contributed by atoms with Gasteiger partial charge in [0.1, 0.15) is 5.75 Å². The number of amides is 1. The highest BCUT2D eigenvalue weighted by Gasteiger charge is 2.26. The summed E-state index contributed by atoms with van der Waals surface area (Å²) < 4.78 is 5.34. The second kappa shape index (κ2) is 5.13. The number of morpholine rings is 1. The molecule has 1 aliphatic rings. The van der Waals surface area contributed by atoms with Gasteiger partial charge in [0.2, 0.25) is 0 Å². The van der Waals surface area contributed by atoms with Crippen molar-refractivity contribution in [3.8, 4) is 5.75 Å². The van der Waals surface area contributed by atoms with Crippen LogP contribution < -0.4 is 0 Å². The average molecular weight is 271 g/mol. The number of rotatable bonds is 1. The number of carbonyl (C=O) groups is 1. The molecule has 1 saturated heterocycles. The van der Waals surface area contributed by atoms with E-state index in [0.29, 0.717) is 25.3 Å². The van der Waals surface area contributed by atoms with Crippen LogP contribution in [0.25, 0.3) is 10.8 Å². The van der Waals surface area contributed by atoms with Crippen LogP contribution in [0, 0.1) is 0 Å². The summed E-state index contributed by atoms with van der Waals surface area (Å²) in [4.78, 5) is 14.3. The molecule has 1 aliphatic heterocycles. The number of benzene rings is 2. The molecule has 1 atom stereocenters. The standard InChI is InChI=1S/C16H17NO3/c1-11-10-20-7-6-17(11)16(19)14-8-12-4-2-3-5-13(12)9-15(14)18/h2-5,8-9,11,18H,6-7,10H2,1H3. The third kappa shape index (κ3) is 2.23. The molecular formula is C16H17NO3. The molecule has 4 nitrogen and oxygen atoms in total. The second-order valence-electron chi connectivity index (χ2n) is 5.14. The van der Waals surface area contributed by atoms with Gasteiger partial charge in [0.05, 0.1) is 24.8 Å². The lowest BCUT2D eigenvalue weighted by atomic mass is 10.0. The molecule has 0 saturated carbocycles. The molecule has 0 bridgehead atoms. The number of nitrogens with zero attached hydrogens (tertiary/aromatic N) is 1. The van der Waals surface area contributed by atoms with Crippen molar-refractivity contribution in [2.24, 2.45) is 0 Å². The predicted molar refractivity (Wildman–Crippen MR) is 76.9 cm³/mol. The highest BCUT2D eigenvalue weighted by molar-refractivity contribution is 6.01. The van der Waals surface area contributed by atoms with Gasteiger partial charge in [0, 0.05) is 6.54 Å². The Labute approximate surface area is 117 Å². The van der Waals surface area contributed by atoms with Gasteiger partial charge < -0.3 is 14.7 Å². The molecule has 1 unspecified atom stereocenters. The van der Waals surface area contributed by atoms with E-state index in [1.165, 1.54) is 0 Å². The van der Waals surface area contributed by atoms with Gasteiger partial charge in [-0.25, -0.2) is 0 Å². The van der Waals surface area contributed by atoms with E-state index in [2.05, 4.69) is 0 Å². The van der Waals surface area contributed by atoms with E-state index in [1.807, 2.05) is 31.2 Å². The van der Waals surface area contributed by atoms with Crippen molar-refractivity contribution in [1.29, 1.82) is 0 Å². The van der Waals surface area contributed by atoms with Crippen LogP contribution in [0.15, 0.2) is 36.4 Å². The Balaban J connectivity index is 2.00. The van der Waals surface area contributed by atoms with Crippen LogP contribution in [0.2, 0.25) is 0 Å². The molecule has 20 heavy (non-hydrogen) atoms. The van der Waals surface area contributed by atoms with Gasteiger partial charge in [-0.3, -0.25) is 4.79 Å². The van der Waals surface area contributed by atoms with Crippen LogP contribution in [-0.4, -0.2) is 41.7 Å². The molecule has 0 radical (unpaired) electrons. The maximum Gasteiger partial charge on any atom is 0.258 e. The minimum Gasteiger partial charge on any atom is -0.507 e. The highest BCUT2D eigenvalue weighted by Crippen LogP contribution is 2.27. The fourth-order valence-electron chi connectivity index (χ4n) is 2.58. The molecule has 0 aromatic heterocycles. The summed E-state index contributed by atoms with van der Waals surface area (Å²) in [6.45, 7) is 3.60. The second-order valence-corrected chi connectivity index (χ2v) is 5.14. The topological polar surface area (TPSA) is 49.8 Å². The van der Waals surface area contributed by atoms with Gasteiger partial charge in [0.15, 0.2) is 0 Å². The van der Waals surface area contributed by atoms with E-state index in [4.69, 9.17) is 4.74 Å². The fourth-order valence-corrected chi connectivity index (χ4v) is 2.58. The molecule has 2 aromatic carbocycles. The maximum absolute atomic E-state index is 12.6. The monoisotopic (exact) mass is 271 g/mol. The van der Waals surface area contributed by atoms with Crippen molar-refractivity contribution >= 4 is 16.7 Å². The Bertz CT molecular complexity index is 653. The van der Waals surface area contributed by atoms with E-state index >= 15 is 0 Å². The highest BCUT2D eigenvalue weighted by atomic mass is 16.5. The van der Waals surface area contributed by atoms with E-state index in [-0.39, 0.29) is 17.7 Å². The molecular weight excluding hydrogens is 254 g/mol. The predicted octanol–water partition coefficient (Wildman–Crippen LogP) is 2.41. The van der Waals surface area contributed by atoms with Crippen molar-refractivity contribution in [3.05, 3.63) is 42.0 Å². The van der Waals surface area contributed by atoms with E-state index in [1.54, 1.807) is 17.0 Å². The van der Waals surface area contributed by atoms with Gasteiger partial charge in [-0.1, -0.05) is 24.3 Å². The first-order chi connectivity index (χ1) is 9.66. The summed E-state index contributed by atoms with van der Waals surface area (Å²) in [5.74, 6) is -0.101. The summed E-state index contributed by atoms with van der Waals surface area (Å²) in [7, 11) is 0. The molecule has 1 fully saturated rings. The van der Waals surface area contributed by atoms with E-state index < -0.39 is 0 Å². The van der Waals surface area contributed by atoms with Crippen molar-refractivity contribution in [3.63, 3.8) is 0 Å². The lowest BCUT2D eigenvalue weighted by Gasteiger charge is -2.33. The SMILES string of the molecule is CC1COCCN1C(=O)c1cc2ccccc2cc1O. The molecule has 0 aliphatic carbocycles. The maximum atomic E-state index is 12.6. The van der Waals surface area contributed by atoms with Crippen molar-refractivity contribution in [1.82, 2.24) is 4.90 Å². The lowest BCUT2D eigenvalue weighted by molar-refractivity contribution is 0.00346. The molecule has 104 valence electrons. The Hall–Kier alpha value is -2.07. The van der Waals surface area contributed by atoms with Crippen LogP contribution >= 0.6 is 0 Å². The zero-order valence-corrected chi connectivity index (χ0v) is 11.4. The summed E-state index contributed by atoms with van der Waals surface area (Å²) in [6.07, 6.45) is 0. The Kier molecular flexibility index (Phi) is 3.32. The van der Waals surface area contributed by atoms with Crippen LogP contribution in [0.4, 0.5) is 0 Å². The quantitative estimate of drug-likeness (QED) is 0.866. The third-order valence-electron chi connectivity index (χ3n) is 3.72. The van der Waals surface area contributed by atoms with Crippen molar-refractivity contribution in [2.45, 2.75) is 13.0 Å². The normalized spacial score (nSPS) is 19.2. The Morgan fingerprint density at radius 1 is 1.30 bits per heavy atom. The number of aromatic hydroxyl groups is 1. The molecule has 4 heteroatoms. The molecule has 1 amide bonds. The van der Waals surface area contributed by atoms with Gasteiger partial charge in [-0.05, 0) is 29.8 Å². The zero-order chi connectivity index (χ0) is 14.1. The van der Waals surface area contributed by atoms with Gasteiger partial charge in [0.25, 0.3) is 5.91 Å². The van der Waals surface area contributed by atoms with E-state index in [9.17, 15) is 9.90 Å². The number of fused-ring (bicyclic) bond motifs is 1. The molecule has 3 rings (SSSR count). The molecule has 0 spiro atoms. The van der Waals surface area contributed by atoms with Gasteiger partial charge in [-0.15, -0.1) is 0 Å². The average Bonchev–Trinajstić information content (AvgIpc) is 2.46. The smallest absolute Gasteiger partial charge is 0.258 e. The van der Waals surface area contributed by atoms with Gasteiger partial charge in [-0.2, -0.15) is 0 Å². The third-order valence-corrected chi connectivity index (χ3v) is 3.72. The van der Waals surface area contributed by atoms with Gasteiger partial charge >= 0.3 is 0 Å². The first-order valence-electron chi connectivity index (χ1n) is 6.77. The molecule has 1 heterocycles. The molecule has 2 aromatic rings. The summed E-state index contributed by atoms with van der Waals surface area (Å²) in [5.41, 5.74) is 0.359. The van der Waals surface area contributed by atoms with Crippen LogP contribution in [0.5, 0.6) is 5.75 Å². The fraction of sp³-hybridized carbons (Fsp3) is 0.312. The van der Waals surface area contributed by atoms with Crippen LogP contribution in [-0.2, 0) is 4.74 Å². The minimum absolute atomic E-state index is 0.0297. The van der Waals surface area contributed by atoms with Crippen molar-refractivity contribution < 1.29 is 14.6 Å². The lowest BCUT2D eigenvalue weighted by Crippen LogP contribution is -2.47. The van der Waals surface area contributed by atoms with Crippen LogP contribution in [0.3, 0.4) is 0 Å². The Morgan fingerprint density at radius 2 is 2.00 bits per heavy atom. The number of hydrogen-bond acceptors (Lipinski definition) is 3. The van der Waals surface area contributed by atoms with Crippen molar-refractivity contribution in [2.75, 3.05) is 19.8 Å². The molecule has 1 N–H and O–H groups in total. The number of carbonyl (C=O) groups excluding carboxylic acids is 1. The number of phenols is 1.